The van der Waals surface area contributed by atoms with E-state index in [0.717, 1.165) is 48.1 Å². The van der Waals surface area contributed by atoms with Crippen LogP contribution in [0.15, 0.2) is 48.5 Å². The highest BCUT2D eigenvalue weighted by Crippen LogP contribution is 2.41. The van der Waals surface area contributed by atoms with Crippen molar-refractivity contribution in [3.63, 3.8) is 0 Å². The third kappa shape index (κ3) is 3.79. The van der Waals surface area contributed by atoms with Crippen LogP contribution >= 0.6 is 22.9 Å². The fourth-order valence-corrected chi connectivity index (χ4v) is 5.60. The van der Waals surface area contributed by atoms with Gasteiger partial charge in [-0.1, -0.05) is 47.2 Å². The zero-order chi connectivity index (χ0) is 22.2. The number of hydrogen-bond donors (Lipinski definition) is 1. The highest BCUT2D eigenvalue weighted by atomic mass is 35.5. The van der Waals surface area contributed by atoms with Gasteiger partial charge in [-0.25, -0.2) is 4.98 Å². The Balaban J connectivity index is 1.47. The number of fused-ring (bicyclic) bond motifs is 1. The lowest BCUT2D eigenvalue weighted by Gasteiger charge is -2.40. The zero-order valence-electron chi connectivity index (χ0n) is 17.9. The number of para-hydroxylation sites is 2. The average molecular weight is 470 g/mol. The maximum atomic E-state index is 11.0. The second kappa shape index (κ2) is 8.61. The molecule has 1 unspecified atom stereocenters. The van der Waals surface area contributed by atoms with Crippen LogP contribution in [0.25, 0.3) is 4.96 Å². The van der Waals surface area contributed by atoms with Gasteiger partial charge >= 0.3 is 0 Å². The lowest BCUT2D eigenvalue weighted by molar-refractivity contribution is 0.210. The van der Waals surface area contributed by atoms with Gasteiger partial charge in [0.05, 0.1) is 23.7 Å². The molecule has 0 bridgehead atoms. The van der Waals surface area contributed by atoms with Gasteiger partial charge in [0.25, 0.3) is 0 Å². The van der Waals surface area contributed by atoms with Gasteiger partial charge in [0.1, 0.15) is 11.6 Å². The molecule has 0 aliphatic carbocycles. The van der Waals surface area contributed by atoms with Gasteiger partial charge in [-0.05, 0) is 36.8 Å². The Morgan fingerprint density at radius 2 is 1.78 bits per heavy atom. The van der Waals surface area contributed by atoms with E-state index in [9.17, 15) is 5.11 Å². The minimum Gasteiger partial charge on any atom is -0.495 e. The lowest BCUT2D eigenvalue weighted by atomic mass is 10.0. The van der Waals surface area contributed by atoms with Crippen molar-refractivity contribution in [1.29, 1.82) is 0 Å². The van der Waals surface area contributed by atoms with Gasteiger partial charge in [-0.15, -0.1) is 5.10 Å². The van der Waals surface area contributed by atoms with Crippen LogP contribution in [0.3, 0.4) is 0 Å². The number of aryl methyl sites for hydroxylation is 1. The first-order chi connectivity index (χ1) is 15.5. The smallest absolute Gasteiger partial charge is 0.230 e. The van der Waals surface area contributed by atoms with Crippen molar-refractivity contribution < 1.29 is 9.84 Å². The first-order valence-electron chi connectivity index (χ1n) is 10.5. The van der Waals surface area contributed by atoms with Crippen LogP contribution in [-0.4, -0.2) is 57.9 Å². The molecule has 1 aliphatic rings. The molecule has 9 heteroatoms. The summed E-state index contributed by atoms with van der Waals surface area (Å²) in [4.78, 5) is 10.7. The van der Waals surface area contributed by atoms with E-state index >= 15 is 0 Å². The van der Waals surface area contributed by atoms with Crippen LogP contribution < -0.4 is 9.64 Å². The Bertz CT molecular complexity index is 1230. The number of thiazole rings is 1. The van der Waals surface area contributed by atoms with Crippen LogP contribution in [0.4, 0.5) is 5.69 Å². The number of halogens is 1. The largest absolute Gasteiger partial charge is 0.495 e. The normalized spacial score (nSPS) is 15.9. The molecule has 1 N–H and O–H groups in total. The second-order valence-electron chi connectivity index (χ2n) is 7.79. The highest BCUT2D eigenvalue weighted by molar-refractivity contribution is 7.17. The van der Waals surface area contributed by atoms with E-state index in [1.807, 2.05) is 49.4 Å². The van der Waals surface area contributed by atoms with Crippen molar-refractivity contribution in [3.05, 3.63) is 69.8 Å². The molecule has 4 aromatic rings. The number of benzene rings is 2. The van der Waals surface area contributed by atoms with Gasteiger partial charge in [0, 0.05) is 31.2 Å². The summed E-state index contributed by atoms with van der Waals surface area (Å²) in [5.74, 6) is 1.68. The number of hydrogen-bond acceptors (Lipinski definition) is 7. The van der Waals surface area contributed by atoms with Crippen LogP contribution in [0.5, 0.6) is 11.6 Å². The van der Waals surface area contributed by atoms with E-state index in [1.165, 1.54) is 15.9 Å². The summed E-state index contributed by atoms with van der Waals surface area (Å²) >= 11 is 7.64. The van der Waals surface area contributed by atoms with Crippen molar-refractivity contribution in [2.45, 2.75) is 13.0 Å². The Kier molecular flexibility index (Phi) is 5.67. The molecular weight excluding hydrogens is 446 g/mol. The average Bonchev–Trinajstić information content (AvgIpc) is 3.32. The van der Waals surface area contributed by atoms with Gasteiger partial charge < -0.3 is 14.7 Å². The summed E-state index contributed by atoms with van der Waals surface area (Å²) < 4.78 is 7.09. The maximum Gasteiger partial charge on any atom is 0.230 e. The molecule has 7 nitrogen and oxygen atoms in total. The number of anilines is 1. The second-order valence-corrected chi connectivity index (χ2v) is 9.24. The number of piperazine rings is 1. The molecule has 1 saturated heterocycles. The predicted molar refractivity (Wildman–Crippen MR) is 127 cm³/mol. The van der Waals surface area contributed by atoms with Crippen molar-refractivity contribution in [1.82, 2.24) is 19.5 Å². The minimum absolute atomic E-state index is 0.110. The summed E-state index contributed by atoms with van der Waals surface area (Å²) in [5, 5.41) is 16.0. The molecule has 3 heterocycles. The summed E-state index contributed by atoms with van der Waals surface area (Å²) in [5.41, 5.74) is 2.19. The molecule has 0 spiro atoms. The summed E-state index contributed by atoms with van der Waals surface area (Å²) in [6, 6.07) is 15.9. The van der Waals surface area contributed by atoms with E-state index < -0.39 is 0 Å². The van der Waals surface area contributed by atoms with E-state index in [-0.39, 0.29) is 11.9 Å². The fraction of sp³-hybridized carbons (Fsp3) is 0.304. The number of rotatable bonds is 5. The summed E-state index contributed by atoms with van der Waals surface area (Å²) in [7, 11) is 1.71. The van der Waals surface area contributed by atoms with Crippen LogP contribution in [0.2, 0.25) is 5.02 Å². The summed E-state index contributed by atoms with van der Waals surface area (Å²) in [6.07, 6.45) is 0. The van der Waals surface area contributed by atoms with Gasteiger partial charge in [-0.3, -0.25) is 4.90 Å². The Morgan fingerprint density at radius 3 is 2.47 bits per heavy atom. The molecule has 2 aromatic heterocycles. The molecule has 166 valence electrons. The molecule has 1 atom stereocenters. The van der Waals surface area contributed by atoms with E-state index in [2.05, 4.69) is 25.9 Å². The summed E-state index contributed by atoms with van der Waals surface area (Å²) in [6.45, 7) is 5.19. The SMILES string of the molecule is COc1ccccc1N1CCN(C(c2ccc(Cl)cc2)c2sc3nc(C)nn3c2O)CC1. The third-order valence-corrected chi connectivity index (χ3v) is 7.17. The fourth-order valence-electron chi connectivity index (χ4n) is 4.31. The number of methoxy groups -OCH3 is 1. The van der Waals surface area contributed by atoms with E-state index in [1.54, 1.807) is 7.11 Å². The van der Waals surface area contributed by atoms with Crippen LogP contribution in [0.1, 0.15) is 22.3 Å². The maximum absolute atomic E-state index is 11.0. The van der Waals surface area contributed by atoms with Crippen LogP contribution in [-0.2, 0) is 0 Å². The van der Waals surface area contributed by atoms with Gasteiger partial charge in [0.2, 0.25) is 10.8 Å². The molecule has 2 aromatic carbocycles. The Labute approximate surface area is 195 Å². The Hall–Kier alpha value is -2.81. The third-order valence-electron chi connectivity index (χ3n) is 5.84. The molecular formula is C23H24ClN5O2S. The van der Waals surface area contributed by atoms with Crippen molar-refractivity contribution in [2.75, 3.05) is 38.2 Å². The first-order valence-corrected chi connectivity index (χ1v) is 11.7. The topological polar surface area (TPSA) is 66.1 Å². The number of aromatic hydroxyl groups is 1. The molecule has 0 saturated carbocycles. The molecule has 0 amide bonds. The van der Waals surface area contributed by atoms with Gasteiger partial charge in [-0.2, -0.15) is 4.52 Å². The first kappa shape index (κ1) is 21.1. The molecule has 32 heavy (non-hydrogen) atoms. The number of ether oxygens (including phenoxy) is 1. The monoisotopic (exact) mass is 469 g/mol. The molecule has 1 aliphatic heterocycles. The van der Waals surface area contributed by atoms with E-state index in [0.29, 0.717) is 15.8 Å². The van der Waals surface area contributed by atoms with Crippen molar-refractivity contribution in [3.8, 4) is 11.6 Å². The predicted octanol–water partition coefficient (Wildman–Crippen LogP) is 4.38. The quantitative estimate of drug-likeness (QED) is 0.468. The molecule has 0 radical (unpaired) electrons. The van der Waals surface area contributed by atoms with Crippen molar-refractivity contribution >= 4 is 33.6 Å². The molecule has 5 rings (SSSR count). The van der Waals surface area contributed by atoms with E-state index in [4.69, 9.17) is 16.3 Å². The van der Waals surface area contributed by atoms with Crippen molar-refractivity contribution in [2.24, 2.45) is 0 Å². The minimum atomic E-state index is -0.110. The lowest BCUT2D eigenvalue weighted by Crippen LogP contribution is -2.48. The van der Waals surface area contributed by atoms with Gasteiger partial charge in [0.15, 0.2) is 0 Å². The van der Waals surface area contributed by atoms with Crippen LogP contribution in [0, 0.1) is 6.92 Å². The Morgan fingerprint density at radius 1 is 1.06 bits per heavy atom. The number of aromatic nitrogens is 3. The highest BCUT2D eigenvalue weighted by Gasteiger charge is 2.32. The molecule has 1 fully saturated rings. The standard InChI is InChI=1S/C23H24ClN5O2S/c1-15-25-23-29(26-15)22(30)21(32-23)20(16-7-9-17(24)10-8-16)28-13-11-27(12-14-28)18-5-3-4-6-19(18)31-2/h3-10,20,30H,11-14H2,1-2H3. The zero-order valence-corrected chi connectivity index (χ0v) is 19.5. The number of nitrogens with zero attached hydrogens (tertiary/aromatic N) is 5.